The number of rotatable bonds is 5. The molecular formula is C16H24N4OS. The molecule has 5 nitrogen and oxygen atoms in total. The van der Waals surface area contributed by atoms with Crippen molar-refractivity contribution in [2.24, 2.45) is 0 Å². The first-order chi connectivity index (χ1) is 10.6. The molecule has 0 aliphatic carbocycles. The molecule has 0 radical (unpaired) electrons. The number of anilines is 1. The highest BCUT2D eigenvalue weighted by Gasteiger charge is 2.21. The van der Waals surface area contributed by atoms with E-state index in [1.54, 1.807) is 17.7 Å². The third-order valence-electron chi connectivity index (χ3n) is 3.89. The van der Waals surface area contributed by atoms with Gasteiger partial charge in [-0.05, 0) is 33.3 Å². The second-order valence-corrected chi connectivity index (χ2v) is 7.33. The quantitative estimate of drug-likeness (QED) is 0.859. The molecule has 22 heavy (non-hydrogen) atoms. The number of aryl methyl sites for hydroxylation is 1. The van der Waals surface area contributed by atoms with Crippen LogP contribution in [0.5, 0.6) is 0 Å². The highest BCUT2D eigenvalue weighted by atomic mass is 32.1. The zero-order chi connectivity index (χ0) is 15.5. The minimum absolute atomic E-state index is 0.340. The Morgan fingerprint density at radius 3 is 2.86 bits per heavy atom. The second-order valence-electron chi connectivity index (χ2n) is 6.10. The molecule has 0 amide bonds. The summed E-state index contributed by atoms with van der Waals surface area (Å²) < 4.78 is 5.77. The van der Waals surface area contributed by atoms with Gasteiger partial charge in [0.05, 0.1) is 17.6 Å². The van der Waals surface area contributed by atoms with Crippen LogP contribution < -0.4 is 5.32 Å². The van der Waals surface area contributed by atoms with Crippen molar-refractivity contribution in [3.05, 3.63) is 17.3 Å². The van der Waals surface area contributed by atoms with Crippen molar-refractivity contribution in [1.29, 1.82) is 0 Å². The van der Waals surface area contributed by atoms with Crippen molar-refractivity contribution in [2.45, 2.75) is 39.4 Å². The summed E-state index contributed by atoms with van der Waals surface area (Å²) >= 11 is 1.72. The smallest absolute Gasteiger partial charge is 0.138 e. The fraction of sp³-hybridized carbons (Fsp3) is 0.625. The van der Waals surface area contributed by atoms with E-state index in [4.69, 9.17) is 4.74 Å². The van der Waals surface area contributed by atoms with E-state index in [2.05, 4.69) is 47.0 Å². The summed E-state index contributed by atoms with van der Waals surface area (Å²) in [5.41, 5.74) is 0. The number of fused-ring (bicyclic) bond motifs is 1. The highest BCUT2D eigenvalue weighted by Crippen LogP contribution is 2.27. The fourth-order valence-corrected chi connectivity index (χ4v) is 3.94. The molecule has 2 unspecified atom stereocenters. The Balaban J connectivity index is 1.50. The van der Waals surface area contributed by atoms with Gasteiger partial charge >= 0.3 is 0 Å². The number of aromatic nitrogens is 2. The Bertz CT molecular complexity index is 620. The van der Waals surface area contributed by atoms with Gasteiger partial charge in [0.15, 0.2) is 0 Å². The lowest BCUT2D eigenvalue weighted by atomic mass is 10.2. The van der Waals surface area contributed by atoms with Crippen LogP contribution in [-0.4, -0.2) is 53.3 Å². The molecule has 3 heterocycles. The molecule has 0 spiro atoms. The van der Waals surface area contributed by atoms with Crippen molar-refractivity contribution >= 4 is 27.4 Å². The number of thiophene rings is 1. The Kier molecular flexibility index (Phi) is 4.90. The van der Waals surface area contributed by atoms with E-state index in [1.807, 2.05) is 0 Å². The zero-order valence-electron chi connectivity index (χ0n) is 13.5. The molecule has 2 aromatic rings. The first-order valence-electron chi connectivity index (χ1n) is 7.94. The maximum absolute atomic E-state index is 5.77. The third-order valence-corrected chi connectivity index (χ3v) is 4.85. The minimum Gasteiger partial charge on any atom is -0.373 e. The number of nitrogens with zero attached hydrogens (tertiary/aromatic N) is 3. The van der Waals surface area contributed by atoms with Gasteiger partial charge < -0.3 is 10.1 Å². The first-order valence-corrected chi connectivity index (χ1v) is 8.76. The van der Waals surface area contributed by atoms with Crippen LogP contribution in [0.2, 0.25) is 0 Å². The van der Waals surface area contributed by atoms with E-state index in [0.29, 0.717) is 12.2 Å². The normalized spacial score (nSPS) is 23.0. The number of morpholine rings is 1. The van der Waals surface area contributed by atoms with Gasteiger partial charge in [-0.15, -0.1) is 11.3 Å². The minimum atomic E-state index is 0.340. The van der Waals surface area contributed by atoms with Crippen LogP contribution in [0.25, 0.3) is 10.2 Å². The summed E-state index contributed by atoms with van der Waals surface area (Å²) in [5.74, 6) is 0.957. The topological polar surface area (TPSA) is 50.3 Å². The predicted molar refractivity (Wildman–Crippen MR) is 91.7 cm³/mol. The third kappa shape index (κ3) is 3.74. The van der Waals surface area contributed by atoms with Gasteiger partial charge in [0, 0.05) is 31.1 Å². The van der Waals surface area contributed by atoms with E-state index < -0.39 is 0 Å². The second kappa shape index (κ2) is 6.89. The lowest BCUT2D eigenvalue weighted by Crippen LogP contribution is -2.45. The van der Waals surface area contributed by atoms with E-state index in [9.17, 15) is 0 Å². The number of ether oxygens (including phenoxy) is 1. The summed E-state index contributed by atoms with van der Waals surface area (Å²) in [4.78, 5) is 13.5. The monoisotopic (exact) mass is 320 g/mol. The molecule has 1 fully saturated rings. The van der Waals surface area contributed by atoms with Crippen LogP contribution in [0.15, 0.2) is 12.4 Å². The largest absolute Gasteiger partial charge is 0.373 e. The molecule has 0 saturated carbocycles. The Labute approximate surface area is 135 Å². The molecule has 0 bridgehead atoms. The molecule has 120 valence electrons. The Morgan fingerprint density at radius 1 is 1.32 bits per heavy atom. The van der Waals surface area contributed by atoms with Crippen LogP contribution in [0.4, 0.5) is 5.82 Å². The van der Waals surface area contributed by atoms with Crippen molar-refractivity contribution in [2.75, 3.05) is 31.5 Å². The summed E-state index contributed by atoms with van der Waals surface area (Å²) in [7, 11) is 0. The number of hydrogen-bond acceptors (Lipinski definition) is 6. The van der Waals surface area contributed by atoms with E-state index in [-0.39, 0.29) is 0 Å². The number of nitrogens with one attached hydrogen (secondary N) is 1. The summed E-state index contributed by atoms with van der Waals surface area (Å²) in [6.45, 7) is 10.5. The molecule has 6 heteroatoms. The van der Waals surface area contributed by atoms with Crippen molar-refractivity contribution in [3.63, 3.8) is 0 Å². The molecule has 1 aliphatic heterocycles. The van der Waals surface area contributed by atoms with Gasteiger partial charge in [0.1, 0.15) is 17.0 Å². The van der Waals surface area contributed by atoms with E-state index >= 15 is 0 Å². The first kappa shape index (κ1) is 15.6. The summed E-state index contributed by atoms with van der Waals surface area (Å²) in [6, 6.07) is 2.16. The van der Waals surface area contributed by atoms with Crippen molar-refractivity contribution in [1.82, 2.24) is 14.9 Å². The molecular weight excluding hydrogens is 296 g/mol. The van der Waals surface area contributed by atoms with Gasteiger partial charge in [0.2, 0.25) is 0 Å². The van der Waals surface area contributed by atoms with Gasteiger partial charge in [-0.1, -0.05) is 0 Å². The van der Waals surface area contributed by atoms with Crippen LogP contribution >= 0.6 is 11.3 Å². The fourth-order valence-electron chi connectivity index (χ4n) is 3.09. The number of hydrogen-bond donors (Lipinski definition) is 1. The van der Waals surface area contributed by atoms with Crippen molar-refractivity contribution < 1.29 is 4.74 Å². The molecule has 3 rings (SSSR count). The van der Waals surface area contributed by atoms with E-state index in [1.165, 1.54) is 4.88 Å². The average Bonchev–Trinajstić information content (AvgIpc) is 2.83. The molecule has 2 aromatic heterocycles. The summed E-state index contributed by atoms with van der Waals surface area (Å²) in [6.07, 6.45) is 3.43. The lowest BCUT2D eigenvalue weighted by molar-refractivity contribution is -0.0678. The van der Waals surface area contributed by atoms with Crippen LogP contribution in [0.1, 0.15) is 25.1 Å². The predicted octanol–water partition coefficient (Wildman–Crippen LogP) is 2.91. The van der Waals surface area contributed by atoms with Crippen LogP contribution in [0.3, 0.4) is 0 Å². The van der Waals surface area contributed by atoms with Gasteiger partial charge in [0.25, 0.3) is 0 Å². The average molecular weight is 320 g/mol. The Hall–Kier alpha value is -1.24. The Morgan fingerprint density at radius 2 is 2.09 bits per heavy atom. The van der Waals surface area contributed by atoms with Crippen LogP contribution in [0, 0.1) is 6.92 Å². The maximum atomic E-state index is 5.77. The molecule has 1 N–H and O–H groups in total. The van der Waals surface area contributed by atoms with Crippen LogP contribution in [-0.2, 0) is 4.74 Å². The van der Waals surface area contributed by atoms with Gasteiger partial charge in [-0.2, -0.15) is 0 Å². The summed E-state index contributed by atoms with van der Waals surface area (Å²) in [5, 5.41) is 4.60. The van der Waals surface area contributed by atoms with Gasteiger partial charge in [-0.3, -0.25) is 4.90 Å². The highest BCUT2D eigenvalue weighted by molar-refractivity contribution is 7.18. The molecule has 0 aromatic carbocycles. The SMILES string of the molecule is Cc1cc2c(NCCCN3CC(C)OC(C)C3)ncnc2s1. The van der Waals surface area contributed by atoms with Gasteiger partial charge in [-0.25, -0.2) is 9.97 Å². The van der Waals surface area contributed by atoms with E-state index in [0.717, 1.165) is 48.6 Å². The standard InChI is InChI=1S/C16H24N4OS/c1-11-8-20(9-12(2)21-11)6-4-5-17-15-14-7-13(3)22-16(14)19-10-18-15/h7,10-12H,4-6,8-9H2,1-3H3,(H,17,18,19). The zero-order valence-corrected chi connectivity index (χ0v) is 14.3. The lowest BCUT2D eigenvalue weighted by Gasteiger charge is -2.35. The van der Waals surface area contributed by atoms with Crippen molar-refractivity contribution in [3.8, 4) is 0 Å². The molecule has 1 saturated heterocycles. The maximum Gasteiger partial charge on any atom is 0.138 e. The molecule has 1 aliphatic rings. The molecule has 2 atom stereocenters.